The molecule has 0 saturated heterocycles. The van der Waals surface area contributed by atoms with E-state index in [1.807, 2.05) is 24.0 Å². The van der Waals surface area contributed by atoms with E-state index < -0.39 is 0 Å². The Morgan fingerprint density at radius 3 is 2.92 bits per heavy atom. The zero-order valence-electron chi connectivity index (χ0n) is 8.58. The fourth-order valence-electron chi connectivity index (χ4n) is 1.27. The molecule has 0 aromatic carbocycles. The van der Waals surface area contributed by atoms with Crippen LogP contribution in [-0.4, -0.2) is 16.1 Å². The van der Waals surface area contributed by atoms with Gasteiger partial charge in [-0.05, 0) is 13.0 Å². The van der Waals surface area contributed by atoms with Crippen LogP contribution >= 0.6 is 0 Å². The smallest absolute Gasteiger partial charge is 0.122 e. The lowest BCUT2D eigenvalue weighted by molar-refractivity contribution is 0.592. The molecule has 0 unspecified atom stereocenters. The maximum absolute atomic E-state index is 4.23. The number of imidazole rings is 1. The van der Waals surface area contributed by atoms with Gasteiger partial charge in [0, 0.05) is 19.4 Å². The molecule has 3 heteroatoms. The molecule has 1 rings (SSSR count). The lowest BCUT2D eigenvalue weighted by atomic mass is 10.2. The zero-order valence-corrected chi connectivity index (χ0v) is 8.58. The molecule has 0 amide bonds. The van der Waals surface area contributed by atoms with Gasteiger partial charge in [-0.25, -0.2) is 4.98 Å². The second-order valence-corrected chi connectivity index (χ2v) is 3.34. The lowest BCUT2D eigenvalue weighted by Crippen LogP contribution is -2.17. The summed E-state index contributed by atoms with van der Waals surface area (Å²) in [7, 11) is 2.02. The summed E-state index contributed by atoms with van der Waals surface area (Å²) in [5, 5.41) is 3.38. The highest BCUT2D eigenvalue weighted by Gasteiger charge is 1.96. The Hall–Kier alpha value is -0.830. The summed E-state index contributed by atoms with van der Waals surface area (Å²) in [5.74, 6) is 1.11. The number of hydrogen-bond donors (Lipinski definition) is 1. The Labute approximate surface area is 80.2 Å². The van der Waals surface area contributed by atoms with Crippen molar-refractivity contribution in [3.8, 4) is 0 Å². The topological polar surface area (TPSA) is 29.9 Å². The molecule has 1 heterocycles. The number of nitrogens with one attached hydrogen (secondary N) is 1. The standard InChI is InChI=1S/C10H19N3/c1-3-4-5-6-11-9-10-12-7-8-13(10)2/h7-8,11H,3-6,9H2,1-2H3. The van der Waals surface area contributed by atoms with E-state index in [0.717, 1.165) is 18.9 Å². The summed E-state index contributed by atoms with van der Waals surface area (Å²) in [6.45, 7) is 4.20. The second-order valence-electron chi connectivity index (χ2n) is 3.34. The van der Waals surface area contributed by atoms with E-state index in [0.29, 0.717) is 0 Å². The average Bonchev–Trinajstić information content (AvgIpc) is 2.52. The third kappa shape index (κ3) is 3.59. The van der Waals surface area contributed by atoms with Gasteiger partial charge in [0.15, 0.2) is 0 Å². The van der Waals surface area contributed by atoms with Gasteiger partial charge in [-0.15, -0.1) is 0 Å². The Morgan fingerprint density at radius 2 is 2.31 bits per heavy atom. The quantitative estimate of drug-likeness (QED) is 0.677. The first-order valence-electron chi connectivity index (χ1n) is 5.01. The van der Waals surface area contributed by atoms with Gasteiger partial charge in [0.25, 0.3) is 0 Å². The van der Waals surface area contributed by atoms with Crippen LogP contribution in [0.3, 0.4) is 0 Å². The van der Waals surface area contributed by atoms with Gasteiger partial charge < -0.3 is 9.88 Å². The van der Waals surface area contributed by atoms with Crippen molar-refractivity contribution in [2.24, 2.45) is 7.05 Å². The van der Waals surface area contributed by atoms with Crippen LogP contribution in [0.25, 0.3) is 0 Å². The van der Waals surface area contributed by atoms with Crippen molar-refractivity contribution in [1.29, 1.82) is 0 Å². The molecule has 0 radical (unpaired) electrons. The molecule has 0 aliphatic carbocycles. The number of aromatic nitrogens is 2. The molecule has 3 nitrogen and oxygen atoms in total. The molecular weight excluding hydrogens is 162 g/mol. The highest BCUT2D eigenvalue weighted by atomic mass is 15.1. The lowest BCUT2D eigenvalue weighted by Gasteiger charge is -2.03. The summed E-state index contributed by atoms with van der Waals surface area (Å²) in [6.07, 6.45) is 7.67. The van der Waals surface area contributed by atoms with Crippen molar-refractivity contribution in [3.05, 3.63) is 18.2 Å². The molecule has 1 N–H and O–H groups in total. The average molecular weight is 181 g/mol. The summed E-state index contributed by atoms with van der Waals surface area (Å²) in [4.78, 5) is 4.23. The number of hydrogen-bond acceptors (Lipinski definition) is 2. The van der Waals surface area contributed by atoms with Crippen LogP contribution in [0.15, 0.2) is 12.4 Å². The third-order valence-corrected chi connectivity index (χ3v) is 2.16. The van der Waals surface area contributed by atoms with Crippen LogP contribution in [0, 0.1) is 0 Å². The van der Waals surface area contributed by atoms with E-state index in [4.69, 9.17) is 0 Å². The maximum Gasteiger partial charge on any atom is 0.122 e. The third-order valence-electron chi connectivity index (χ3n) is 2.16. The molecule has 1 aromatic heterocycles. The van der Waals surface area contributed by atoms with Gasteiger partial charge in [0.2, 0.25) is 0 Å². The summed E-state index contributed by atoms with van der Waals surface area (Å²) < 4.78 is 2.05. The zero-order chi connectivity index (χ0) is 9.52. The van der Waals surface area contributed by atoms with Crippen molar-refractivity contribution in [2.45, 2.75) is 32.7 Å². The number of aryl methyl sites for hydroxylation is 1. The van der Waals surface area contributed by atoms with E-state index in [1.165, 1.54) is 19.3 Å². The van der Waals surface area contributed by atoms with Gasteiger partial charge in [0.05, 0.1) is 6.54 Å². The molecule has 0 aliphatic heterocycles. The van der Waals surface area contributed by atoms with Crippen LogP contribution in [0.5, 0.6) is 0 Å². The van der Waals surface area contributed by atoms with Gasteiger partial charge in [-0.2, -0.15) is 0 Å². The minimum atomic E-state index is 0.882. The van der Waals surface area contributed by atoms with Crippen molar-refractivity contribution >= 4 is 0 Å². The van der Waals surface area contributed by atoms with E-state index in [9.17, 15) is 0 Å². The van der Waals surface area contributed by atoms with Crippen molar-refractivity contribution < 1.29 is 0 Å². The molecule has 0 bridgehead atoms. The maximum atomic E-state index is 4.23. The number of unbranched alkanes of at least 4 members (excludes halogenated alkanes) is 2. The monoisotopic (exact) mass is 181 g/mol. The molecular formula is C10H19N3. The minimum Gasteiger partial charge on any atom is -0.337 e. The van der Waals surface area contributed by atoms with E-state index >= 15 is 0 Å². The molecule has 0 spiro atoms. The predicted octanol–water partition coefficient (Wildman–Crippen LogP) is 1.70. The first-order valence-corrected chi connectivity index (χ1v) is 5.01. The molecule has 0 aliphatic rings. The molecule has 0 saturated carbocycles. The molecule has 0 fully saturated rings. The number of rotatable bonds is 6. The SMILES string of the molecule is CCCCCNCc1nccn1C. The van der Waals surface area contributed by atoms with Crippen LogP contribution in [0.4, 0.5) is 0 Å². The first-order chi connectivity index (χ1) is 6.34. The van der Waals surface area contributed by atoms with Crippen molar-refractivity contribution in [2.75, 3.05) is 6.54 Å². The van der Waals surface area contributed by atoms with E-state index in [-0.39, 0.29) is 0 Å². The normalized spacial score (nSPS) is 10.6. The van der Waals surface area contributed by atoms with Gasteiger partial charge in [-0.1, -0.05) is 19.8 Å². The second kappa shape index (κ2) is 5.75. The Balaban J connectivity index is 2.10. The largest absolute Gasteiger partial charge is 0.337 e. The fraction of sp³-hybridized carbons (Fsp3) is 0.700. The fourth-order valence-corrected chi connectivity index (χ4v) is 1.27. The summed E-state index contributed by atoms with van der Waals surface area (Å²) >= 11 is 0. The van der Waals surface area contributed by atoms with Crippen LogP contribution in [0.2, 0.25) is 0 Å². The van der Waals surface area contributed by atoms with Crippen molar-refractivity contribution in [1.82, 2.24) is 14.9 Å². The Bertz CT molecular complexity index is 230. The number of nitrogens with zero attached hydrogens (tertiary/aromatic N) is 2. The van der Waals surface area contributed by atoms with E-state index in [2.05, 4.69) is 17.2 Å². The molecule has 74 valence electrons. The highest BCUT2D eigenvalue weighted by Crippen LogP contribution is 1.94. The highest BCUT2D eigenvalue weighted by molar-refractivity contribution is 4.90. The molecule has 13 heavy (non-hydrogen) atoms. The minimum absolute atomic E-state index is 0.882. The van der Waals surface area contributed by atoms with E-state index in [1.54, 1.807) is 0 Å². The van der Waals surface area contributed by atoms with Crippen molar-refractivity contribution in [3.63, 3.8) is 0 Å². The van der Waals surface area contributed by atoms with Gasteiger partial charge in [-0.3, -0.25) is 0 Å². The molecule has 1 aromatic rings. The molecule has 0 atom stereocenters. The van der Waals surface area contributed by atoms with Crippen LogP contribution < -0.4 is 5.32 Å². The first kappa shape index (κ1) is 10.3. The summed E-state index contributed by atoms with van der Waals surface area (Å²) in [6, 6.07) is 0. The van der Waals surface area contributed by atoms with Gasteiger partial charge in [0.1, 0.15) is 5.82 Å². The Morgan fingerprint density at radius 1 is 1.46 bits per heavy atom. The Kier molecular flexibility index (Phi) is 4.54. The summed E-state index contributed by atoms with van der Waals surface area (Å²) in [5.41, 5.74) is 0. The predicted molar refractivity (Wildman–Crippen MR) is 54.4 cm³/mol. The van der Waals surface area contributed by atoms with Gasteiger partial charge >= 0.3 is 0 Å². The van der Waals surface area contributed by atoms with Crippen LogP contribution in [-0.2, 0) is 13.6 Å². The van der Waals surface area contributed by atoms with Crippen LogP contribution in [0.1, 0.15) is 32.0 Å².